The maximum atomic E-state index is 12.3. The van der Waals surface area contributed by atoms with Crippen LogP contribution in [0.15, 0.2) is 18.2 Å². The van der Waals surface area contributed by atoms with Gasteiger partial charge in [-0.1, -0.05) is 19.9 Å². The van der Waals surface area contributed by atoms with Crippen molar-refractivity contribution in [2.24, 2.45) is 0 Å². The summed E-state index contributed by atoms with van der Waals surface area (Å²) in [6.45, 7) is 3.46. The lowest BCUT2D eigenvalue weighted by atomic mass is 10.1. The van der Waals surface area contributed by atoms with Crippen LogP contribution in [-0.4, -0.2) is 10.0 Å². The van der Waals surface area contributed by atoms with Crippen molar-refractivity contribution < 1.29 is 23.2 Å². The topological polar surface area (TPSA) is 63.4 Å². The van der Waals surface area contributed by atoms with Crippen molar-refractivity contribution in [2.75, 3.05) is 0 Å². The van der Waals surface area contributed by atoms with Crippen LogP contribution in [0.4, 0.5) is 18.9 Å². The SMILES string of the molecule is CC.O=[N+]([O-])c1cc(CO)ccc1C(F)(F)F. The van der Waals surface area contributed by atoms with Gasteiger partial charge in [-0.3, -0.25) is 10.1 Å². The molecule has 1 rings (SSSR count). The lowest BCUT2D eigenvalue weighted by Crippen LogP contribution is -2.09. The number of alkyl halides is 3. The maximum Gasteiger partial charge on any atom is 0.422 e. The van der Waals surface area contributed by atoms with Crippen LogP contribution in [0.1, 0.15) is 25.0 Å². The first-order chi connectivity index (χ1) is 7.86. The van der Waals surface area contributed by atoms with Crippen LogP contribution in [0.25, 0.3) is 0 Å². The van der Waals surface area contributed by atoms with Crippen LogP contribution < -0.4 is 0 Å². The normalized spacial score (nSPS) is 10.5. The molecule has 0 atom stereocenters. The van der Waals surface area contributed by atoms with E-state index in [1.807, 2.05) is 13.8 Å². The van der Waals surface area contributed by atoms with Gasteiger partial charge in [0.25, 0.3) is 5.69 Å². The van der Waals surface area contributed by atoms with Crippen molar-refractivity contribution in [3.63, 3.8) is 0 Å². The zero-order valence-electron chi connectivity index (χ0n) is 9.28. The Balaban J connectivity index is 0.00000121. The number of aliphatic hydroxyl groups is 1. The molecule has 0 spiro atoms. The fraction of sp³-hybridized carbons (Fsp3) is 0.400. The summed E-state index contributed by atoms with van der Waals surface area (Å²) in [4.78, 5) is 9.24. The third-order valence-corrected chi connectivity index (χ3v) is 1.75. The molecule has 0 aromatic heterocycles. The summed E-state index contributed by atoms with van der Waals surface area (Å²) in [6, 6.07) is 2.29. The highest BCUT2D eigenvalue weighted by Gasteiger charge is 2.38. The number of nitro benzene ring substituents is 1. The maximum absolute atomic E-state index is 12.3. The molecule has 17 heavy (non-hydrogen) atoms. The molecule has 0 fully saturated rings. The second-order valence-electron chi connectivity index (χ2n) is 2.76. The van der Waals surface area contributed by atoms with Crippen molar-refractivity contribution in [2.45, 2.75) is 26.6 Å². The Morgan fingerprint density at radius 3 is 2.24 bits per heavy atom. The van der Waals surface area contributed by atoms with Crippen LogP contribution in [0, 0.1) is 10.1 Å². The predicted molar refractivity (Wildman–Crippen MR) is 55.4 cm³/mol. The van der Waals surface area contributed by atoms with E-state index in [0.717, 1.165) is 6.07 Å². The van der Waals surface area contributed by atoms with Gasteiger partial charge < -0.3 is 5.11 Å². The molecule has 1 aromatic carbocycles. The summed E-state index contributed by atoms with van der Waals surface area (Å²) in [6.07, 6.45) is -4.77. The average molecular weight is 251 g/mol. The second-order valence-corrected chi connectivity index (χ2v) is 2.76. The monoisotopic (exact) mass is 251 g/mol. The van der Waals surface area contributed by atoms with Gasteiger partial charge in [-0.25, -0.2) is 0 Å². The van der Waals surface area contributed by atoms with Crippen LogP contribution in [-0.2, 0) is 12.8 Å². The molecule has 0 radical (unpaired) electrons. The number of nitrogens with zero attached hydrogens (tertiary/aromatic N) is 1. The minimum absolute atomic E-state index is 0.0645. The minimum atomic E-state index is -4.77. The Morgan fingerprint density at radius 1 is 1.35 bits per heavy atom. The van der Waals surface area contributed by atoms with Crippen LogP contribution in [0.2, 0.25) is 0 Å². The third-order valence-electron chi connectivity index (χ3n) is 1.75. The van der Waals surface area contributed by atoms with Gasteiger partial charge in [0.2, 0.25) is 0 Å². The molecule has 1 N–H and O–H groups in total. The molecule has 0 saturated heterocycles. The van der Waals surface area contributed by atoms with Crippen LogP contribution in [0.5, 0.6) is 0 Å². The number of benzene rings is 1. The van der Waals surface area contributed by atoms with E-state index in [1.54, 1.807) is 0 Å². The Hall–Kier alpha value is -1.63. The standard InChI is InChI=1S/C8H6F3NO3.C2H6/c9-8(10,11)6-2-1-5(4-13)3-7(6)12(14)15;1-2/h1-3,13H,4H2;1-2H3. The van der Waals surface area contributed by atoms with Gasteiger partial charge in [0.15, 0.2) is 0 Å². The molecule has 96 valence electrons. The highest BCUT2D eigenvalue weighted by molar-refractivity contribution is 5.44. The molecule has 4 nitrogen and oxygen atoms in total. The third kappa shape index (κ3) is 4.03. The summed E-state index contributed by atoms with van der Waals surface area (Å²) in [7, 11) is 0. The lowest BCUT2D eigenvalue weighted by Gasteiger charge is -2.07. The van der Waals surface area contributed by atoms with Crippen LogP contribution >= 0.6 is 0 Å². The summed E-state index contributed by atoms with van der Waals surface area (Å²) in [5.74, 6) is 0. The molecule has 0 bridgehead atoms. The minimum Gasteiger partial charge on any atom is -0.392 e. The molecule has 7 heteroatoms. The van der Waals surface area contributed by atoms with Gasteiger partial charge in [0.1, 0.15) is 5.56 Å². The first-order valence-electron chi connectivity index (χ1n) is 4.81. The van der Waals surface area contributed by atoms with E-state index in [9.17, 15) is 23.3 Å². The van der Waals surface area contributed by atoms with Crippen molar-refractivity contribution in [1.29, 1.82) is 0 Å². The summed E-state index contributed by atoms with van der Waals surface area (Å²) in [5.41, 5.74) is -2.30. The first kappa shape index (κ1) is 15.4. The summed E-state index contributed by atoms with van der Waals surface area (Å²) in [5, 5.41) is 19.0. The van der Waals surface area contributed by atoms with Gasteiger partial charge in [0, 0.05) is 6.07 Å². The Kier molecular flexibility index (Phi) is 5.60. The average Bonchev–Trinajstić information content (AvgIpc) is 2.29. The fourth-order valence-electron chi connectivity index (χ4n) is 1.07. The Morgan fingerprint density at radius 2 is 1.88 bits per heavy atom. The van der Waals surface area contributed by atoms with Gasteiger partial charge >= 0.3 is 6.18 Å². The molecule has 0 aliphatic heterocycles. The molecule has 1 aromatic rings. The van der Waals surface area contributed by atoms with E-state index in [-0.39, 0.29) is 5.56 Å². The van der Waals surface area contributed by atoms with Crippen molar-refractivity contribution >= 4 is 5.69 Å². The number of nitro groups is 1. The van der Waals surface area contributed by atoms with Crippen molar-refractivity contribution in [3.8, 4) is 0 Å². The van der Waals surface area contributed by atoms with E-state index >= 15 is 0 Å². The predicted octanol–water partition coefficient (Wildman–Crippen LogP) is 3.13. The molecule has 0 unspecified atom stereocenters. The highest BCUT2D eigenvalue weighted by atomic mass is 19.4. The van der Waals surface area contributed by atoms with E-state index in [0.29, 0.717) is 12.1 Å². The molecule has 0 saturated carbocycles. The van der Waals surface area contributed by atoms with Gasteiger partial charge in [-0.05, 0) is 11.6 Å². The van der Waals surface area contributed by atoms with Crippen molar-refractivity contribution in [3.05, 3.63) is 39.4 Å². The smallest absolute Gasteiger partial charge is 0.392 e. The first-order valence-corrected chi connectivity index (χ1v) is 4.81. The summed E-state index contributed by atoms with van der Waals surface area (Å²) < 4.78 is 36.8. The zero-order chi connectivity index (χ0) is 13.6. The number of hydrogen-bond donors (Lipinski definition) is 1. The Labute approximate surface area is 95.8 Å². The molecule has 0 amide bonds. The number of halogens is 3. The molecule has 0 aliphatic carbocycles. The largest absolute Gasteiger partial charge is 0.422 e. The summed E-state index contributed by atoms with van der Waals surface area (Å²) >= 11 is 0. The molecular formula is C10H12F3NO3. The molecular weight excluding hydrogens is 239 g/mol. The number of rotatable bonds is 2. The van der Waals surface area contributed by atoms with E-state index in [1.165, 1.54) is 0 Å². The van der Waals surface area contributed by atoms with Crippen molar-refractivity contribution in [1.82, 2.24) is 0 Å². The Bertz CT molecular complexity index is 391. The second kappa shape index (κ2) is 6.19. The van der Waals surface area contributed by atoms with Gasteiger partial charge in [-0.15, -0.1) is 0 Å². The number of hydrogen-bond acceptors (Lipinski definition) is 3. The zero-order valence-corrected chi connectivity index (χ0v) is 9.28. The number of aliphatic hydroxyl groups excluding tert-OH is 1. The molecule has 0 heterocycles. The van der Waals surface area contributed by atoms with E-state index in [4.69, 9.17) is 5.11 Å². The fourth-order valence-corrected chi connectivity index (χ4v) is 1.07. The van der Waals surface area contributed by atoms with Crippen LogP contribution in [0.3, 0.4) is 0 Å². The lowest BCUT2D eigenvalue weighted by molar-refractivity contribution is -0.388. The highest BCUT2D eigenvalue weighted by Crippen LogP contribution is 2.36. The van der Waals surface area contributed by atoms with E-state index in [2.05, 4.69) is 0 Å². The van der Waals surface area contributed by atoms with Gasteiger partial charge in [-0.2, -0.15) is 13.2 Å². The van der Waals surface area contributed by atoms with E-state index < -0.39 is 29.0 Å². The molecule has 0 aliphatic rings. The quantitative estimate of drug-likeness (QED) is 0.648. The van der Waals surface area contributed by atoms with Gasteiger partial charge in [0.05, 0.1) is 11.5 Å².